The first kappa shape index (κ1) is 18.2. The molecule has 2 unspecified atom stereocenters. The summed E-state index contributed by atoms with van der Waals surface area (Å²) in [6.45, 7) is 5.86. The first-order valence-corrected chi connectivity index (χ1v) is 9.67. The van der Waals surface area contributed by atoms with Gasteiger partial charge in [-0.25, -0.2) is 0 Å². The molecule has 0 bridgehead atoms. The van der Waals surface area contributed by atoms with Gasteiger partial charge in [0.1, 0.15) is 0 Å². The van der Waals surface area contributed by atoms with Gasteiger partial charge in [0, 0.05) is 0 Å². The van der Waals surface area contributed by atoms with Crippen molar-refractivity contribution in [3.8, 4) is 0 Å². The number of Topliss-reactive ketones (excluding diaryl/α,β-unsaturated/α-hetero) is 1. The average Bonchev–Trinajstić information content (AvgIpc) is 3.00. The summed E-state index contributed by atoms with van der Waals surface area (Å²) >= 11 is 7.75. The third-order valence-corrected chi connectivity index (χ3v) is 5.89. The Morgan fingerprint density at radius 1 is 1.20 bits per heavy atom. The Kier molecular flexibility index (Phi) is 5.60. The summed E-state index contributed by atoms with van der Waals surface area (Å²) in [4.78, 5) is 12.0. The van der Waals surface area contributed by atoms with Gasteiger partial charge in [0.15, 0.2) is 5.78 Å². The van der Waals surface area contributed by atoms with Crippen molar-refractivity contribution in [3.63, 3.8) is 0 Å². The van der Waals surface area contributed by atoms with Crippen molar-refractivity contribution in [3.05, 3.63) is 68.9 Å². The largest absolute Gasteiger partial charge is 0.289 e. The van der Waals surface area contributed by atoms with Gasteiger partial charge >= 0.3 is 0 Å². The molecule has 130 valence electrons. The van der Waals surface area contributed by atoms with E-state index in [0.29, 0.717) is 5.92 Å². The van der Waals surface area contributed by atoms with Gasteiger partial charge in [-0.05, 0) is 67.6 Å². The Balaban J connectivity index is 1.95. The lowest BCUT2D eigenvalue weighted by atomic mass is 9.94. The van der Waals surface area contributed by atoms with Gasteiger partial charge in [-0.15, -0.1) is 11.8 Å². The maximum Gasteiger partial charge on any atom is 0.184 e. The van der Waals surface area contributed by atoms with Crippen molar-refractivity contribution in [1.82, 2.24) is 0 Å². The quantitative estimate of drug-likeness (QED) is 0.550. The van der Waals surface area contributed by atoms with Crippen LogP contribution in [0.15, 0.2) is 79.2 Å². The van der Waals surface area contributed by atoms with E-state index in [2.05, 4.69) is 29.3 Å². The van der Waals surface area contributed by atoms with Crippen LogP contribution in [-0.2, 0) is 4.79 Å². The highest BCUT2D eigenvalue weighted by molar-refractivity contribution is 8.05. The topological polar surface area (TPSA) is 41.8 Å². The predicted octanol–water partition coefficient (Wildman–Crippen LogP) is 6.23. The highest BCUT2D eigenvalue weighted by Crippen LogP contribution is 2.41. The minimum Gasteiger partial charge on any atom is -0.289 e. The van der Waals surface area contributed by atoms with Gasteiger partial charge in [0.25, 0.3) is 0 Å². The van der Waals surface area contributed by atoms with Gasteiger partial charge in [-0.3, -0.25) is 4.79 Å². The van der Waals surface area contributed by atoms with E-state index in [9.17, 15) is 4.79 Å². The van der Waals surface area contributed by atoms with E-state index >= 15 is 0 Å². The monoisotopic (exact) mass is 372 g/mol. The second kappa shape index (κ2) is 7.71. The molecule has 3 aliphatic rings. The van der Waals surface area contributed by atoms with Crippen molar-refractivity contribution in [2.24, 2.45) is 16.1 Å². The number of carbonyl (C=O) groups is 1. The van der Waals surface area contributed by atoms with Gasteiger partial charge in [0.2, 0.25) is 0 Å². The number of azo groups is 1. The highest BCUT2D eigenvalue weighted by atomic mass is 35.5. The van der Waals surface area contributed by atoms with E-state index in [-0.39, 0.29) is 11.0 Å². The summed E-state index contributed by atoms with van der Waals surface area (Å²) in [6.07, 6.45) is 13.9. The third kappa shape index (κ3) is 4.31. The van der Waals surface area contributed by atoms with Gasteiger partial charge in [-0.2, -0.15) is 10.2 Å². The fraction of sp³-hybridized carbons (Fsp3) is 0.350. The smallest absolute Gasteiger partial charge is 0.184 e. The summed E-state index contributed by atoms with van der Waals surface area (Å²) in [7, 11) is 0. The first-order chi connectivity index (χ1) is 11.9. The number of thioether (sulfide) groups is 1. The molecule has 3 rings (SSSR count). The van der Waals surface area contributed by atoms with Crippen LogP contribution in [0.1, 0.15) is 33.6 Å². The fourth-order valence-corrected chi connectivity index (χ4v) is 4.27. The first-order valence-electron chi connectivity index (χ1n) is 8.42. The average molecular weight is 373 g/mol. The number of halogens is 1. The molecule has 2 atom stereocenters. The SMILES string of the molecule is CC1=CC(=C(N=NC2=CCC(C)C=C2)C2CC=C(Cl)S2)C=C(C)C1=O. The second-order valence-corrected chi connectivity index (χ2v) is 8.45. The standard InChI is InChI=1S/C20H21ClN2OS/c1-12-4-6-16(7-5-12)22-23-19(17-8-9-18(21)25-17)15-10-13(2)20(24)14(3)11-15/h4,6-7,9-12,17H,5,8H2,1-3H3. The second-order valence-electron chi connectivity index (χ2n) is 6.58. The van der Waals surface area contributed by atoms with Gasteiger partial charge in [0.05, 0.1) is 21.0 Å². The maximum absolute atomic E-state index is 12.0. The molecule has 1 aliphatic heterocycles. The molecule has 5 heteroatoms. The fourth-order valence-electron chi connectivity index (χ4n) is 2.91. The van der Waals surface area contributed by atoms with Gasteiger partial charge < -0.3 is 0 Å². The highest BCUT2D eigenvalue weighted by Gasteiger charge is 2.25. The van der Waals surface area contributed by atoms with Crippen molar-refractivity contribution in [2.75, 3.05) is 0 Å². The van der Waals surface area contributed by atoms with Crippen LogP contribution >= 0.6 is 23.4 Å². The minimum absolute atomic E-state index is 0.0854. The van der Waals surface area contributed by atoms with Crippen molar-refractivity contribution >= 4 is 29.1 Å². The molecule has 3 nitrogen and oxygen atoms in total. The molecule has 0 amide bonds. The molecule has 25 heavy (non-hydrogen) atoms. The van der Waals surface area contributed by atoms with Crippen LogP contribution in [0.4, 0.5) is 0 Å². The molecule has 0 radical (unpaired) electrons. The Labute approximate surface area is 158 Å². The molecule has 0 saturated heterocycles. The Bertz CT molecular complexity index is 788. The molecule has 0 aromatic carbocycles. The molecule has 0 N–H and O–H groups in total. The number of hydrogen-bond donors (Lipinski definition) is 0. The molecule has 0 aromatic heterocycles. The summed E-state index contributed by atoms with van der Waals surface area (Å²) in [6, 6.07) is 0. The Morgan fingerprint density at radius 3 is 2.48 bits per heavy atom. The molecule has 0 aromatic rings. The van der Waals surface area contributed by atoms with Crippen molar-refractivity contribution in [2.45, 2.75) is 38.9 Å². The van der Waals surface area contributed by atoms with Gasteiger partial charge in [-0.1, -0.05) is 36.8 Å². The summed E-state index contributed by atoms with van der Waals surface area (Å²) in [5.74, 6) is 0.632. The lowest BCUT2D eigenvalue weighted by Crippen LogP contribution is -2.10. The molecular weight excluding hydrogens is 352 g/mol. The number of allylic oxidation sites excluding steroid dienone is 9. The zero-order chi connectivity index (χ0) is 18.0. The predicted molar refractivity (Wildman–Crippen MR) is 105 cm³/mol. The number of ketones is 1. The van der Waals surface area contributed by atoms with Crippen LogP contribution in [0.2, 0.25) is 0 Å². The van der Waals surface area contributed by atoms with Crippen LogP contribution in [0.25, 0.3) is 0 Å². The normalized spacial score (nSPS) is 26.6. The Morgan fingerprint density at radius 2 is 1.92 bits per heavy atom. The third-order valence-electron chi connectivity index (χ3n) is 4.38. The molecule has 0 spiro atoms. The van der Waals surface area contributed by atoms with E-state index in [1.54, 1.807) is 11.8 Å². The van der Waals surface area contributed by atoms with Crippen LogP contribution in [-0.4, -0.2) is 11.0 Å². The maximum atomic E-state index is 12.0. The summed E-state index contributed by atoms with van der Waals surface area (Å²) in [5.41, 5.74) is 4.16. The molecular formula is C20H21ClN2OS. The van der Waals surface area contributed by atoms with Crippen LogP contribution in [0.3, 0.4) is 0 Å². The lowest BCUT2D eigenvalue weighted by molar-refractivity contribution is -0.112. The van der Waals surface area contributed by atoms with Crippen LogP contribution in [0.5, 0.6) is 0 Å². The van der Waals surface area contributed by atoms with E-state index < -0.39 is 0 Å². The number of hydrogen-bond acceptors (Lipinski definition) is 4. The van der Waals surface area contributed by atoms with Crippen molar-refractivity contribution in [1.29, 1.82) is 0 Å². The van der Waals surface area contributed by atoms with E-state index in [1.165, 1.54) is 0 Å². The molecule has 0 fully saturated rings. The summed E-state index contributed by atoms with van der Waals surface area (Å²) < 4.78 is 0.789. The van der Waals surface area contributed by atoms with E-state index in [0.717, 1.165) is 45.3 Å². The number of carbonyl (C=O) groups excluding carboxylic acids is 1. The Hall–Kier alpha value is -1.65. The number of nitrogens with zero attached hydrogens (tertiary/aromatic N) is 2. The molecule has 1 heterocycles. The van der Waals surface area contributed by atoms with Crippen LogP contribution < -0.4 is 0 Å². The molecule has 2 aliphatic carbocycles. The van der Waals surface area contributed by atoms with E-state index in [4.69, 9.17) is 11.6 Å². The molecule has 0 saturated carbocycles. The van der Waals surface area contributed by atoms with E-state index in [1.807, 2.05) is 38.2 Å². The zero-order valence-electron chi connectivity index (χ0n) is 14.6. The van der Waals surface area contributed by atoms with Crippen LogP contribution in [0, 0.1) is 5.92 Å². The van der Waals surface area contributed by atoms with Crippen molar-refractivity contribution < 1.29 is 4.79 Å². The summed E-state index contributed by atoms with van der Waals surface area (Å²) in [5, 5.41) is 9.15. The zero-order valence-corrected chi connectivity index (χ0v) is 16.2. The number of rotatable bonds is 3. The lowest BCUT2D eigenvalue weighted by Gasteiger charge is -2.16. The minimum atomic E-state index is 0.0854.